The number of halogens is 1. The molecule has 0 bridgehead atoms. The van der Waals surface area contributed by atoms with E-state index in [0.29, 0.717) is 0 Å². The lowest BCUT2D eigenvalue weighted by Gasteiger charge is -2.04. The maximum Gasteiger partial charge on any atom is 0.254 e. The summed E-state index contributed by atoms with van der Waals surface area (Å²) in [4.78, 5) is 11.0. The number of benzene rings is 1. The van der Waals surface area contributed by atoms with E-state index in [1.165, 1.54) is 10.9 Å². The van der Waals surface area contributed by atoms with Gasteiger partial charge in [0.05, 0.1) is 11.9 Å². The van der Waals surface area contributed by atoms with Crippen LogP contribution >= 0.6 is 15.9 Å². The molecule has 0 saturated carbocycles. The van der Waals surface area contributed by atoms with Crippen LogP contribution in [0.15, 0.2) is 34.9 Å². The second-order valence-corrected chi connectivity index (χ2v) is 4.11. The highest BCUT2D eigenvalue weighted by atomic mass is 79.9. The number of carbonyl (C=O) groups excluding carboxylic acids is 1. The van der Waals surface area contributed by atoms with Gasteiger partial charge in [0, 0.05) is 4.47 Å². The highest BCUT2D eigenvalue weighted by molar-refractivity contribution is 9.10. The molecule has 1 heterocycles. The van der Waals surface area contributed by atoms with E-state index in [2.05, 4.69) is 21.0 Å². The first kappa shape index (κ1) is 10.7. The third-order valence-corrected chi connectivity index (χ3v) is 2.67. The van der Waals surface area contributed by atoms with Crippen molar-refractivity contribution in [2.24, 2.45) is 5.73 Å². The molecule has 1 aromatic carbocycles. The minimum atomic E-state index is -0.583. The molecule has 82 valence electrons. The first-order valence-corrected chi connectivity index (χ1v) is 5.28. The van der Waals surface area contributed by atoms with E-state index >= 15 is 0 Å². The van der Waals surface area contributed by atoms with E-state index < -0.39 is 5.91 Å². The molecule has 1 aromatic heterocycles. The largest absolute Gasteiger partial charge is 0.383 e. The summed E-state index contributed by atoms with van der Waals surface area (Å²) < 4.78 is 2.42. The third-order valence-electron chi connectivity index (χ3n) is 2.14. The van der Waals surface area contributed by atoms with E-state index in [1.807, 2.05) is 24.3 Å². The zero-order valence-electron chi connectivity index (χ0n) is 8.22. The van der Waals surface area contributed by atoms with Gasteiger partial charge in [-0.15, -0.1) is 0 Å². The molecule has 0 unspecified atom stereocenters. The first-order valence-electron chi connectivity index (χ1n) is 4.49. The summed E-state index contributed by atoms with van der Waals surface area (Å²) in [6, 6.07) is 7.39. The van der Waals surface area contributed by atoms with Gasteiger partial charge >= 0.3 is 0 Å². The standard InChI is InChI=1S/C10H9BrN4O/c11-6-1-3-7(4-2-6)15-9(12)8(5-14-15)10(13)16/h1-5H,12H2,(H2,13,16). The maximum absolute atomic E-state index is 11.0. The summed E-state index contributed by atoms with van der Waals surface area (Å²) in [5, 5.41) is 4.01. The fraction of sp³-hybridized carbons (Fsp3) is 0. The third kappa shape index (κ3) is 1.79. The number of carbonyl (C=O) groups is 1. The summed E-state index contributed by atoms with van der Waals surface area (Å²) in [5.74, 6) is -0.337. The molecule has 0 aliphatic heterocycles. The van der Waals surface area contributed by atoms with Gasteiger partial charge in [-0.25, -0.2) is 4.68 Å². The molecule has 5 nitrogen and oxygen atoms in total. The van der Waals surface area contributed by atoms with Crippen molar-refractivity contribution in [2.75, 3.05) is 5.73 Å². The Morgan fingerprint density at radius 1 is 1.31 bits per heavy atom. The molecule has 4 N–H and O–H groups in total. The molecular weight excluding hydrogens is 272 g/mol. The van der Waals surface area contributed by atoms with Crippen LogP contribution in [0.25, 0.3) is 5.69 Å². The molecule has 2 aromatic rings. The Kier molecular flexibility index (Phi) is 2.66. The number of nitrogens with two attached hydrogens (primary N) is 2. The van der Waals surface area contributed by atoms with Crippen molar-refractivity contribution in [1.29, 1.82) is 0 Å². The highest BCUT2D eigenvalue weighted by Gasteiger charge is 2.12. The predicted molar refractivity (Wildman–Crippen MR) is 64.2 cm³/mol. The average Bonchev–Trinajstić information content (AvgIpc) is 2.61. The molecule has 16 heavy (non-hydrogen) atoms. The molecule has 0 fully saturated rings. The molecule has 0 radical (unpaired) electrons. The van der Waals surface area contributed by atoms with Gasteiger partial charge in [0.15, 0.2) is 0 Å². The SMILES string of the molecule is NC(=O)c1cnn(-c2ccc(Br)cc2)c1N. The van der Waals surface area contributed by atoms with E-state index in [1.54, 1.807) is 0 Å². The number of hydrogen-bond acceptors (Lipinski definition) is 3. The van der Waals surface area contributed by atoms with Gasteiger partial charge in [0.2, 0.25) is 0 Å². The molecular formula is C10H9BrN4O. The van der Waals surface area contributed by atoms with Crippen molar-refractivity contribution in [3.05, 3.63) is 40.5 Å². The summed E-state index contributed by atoms with van der Waals surface area (Å²) >= 11 is 3.33. The van der Waals surface area contributed by atoms with Gasteiger partial charge in [-0.3, -0.25) is 4.79 Å². The van der Waals surface area contributed by atoms with E-state index in [0.717, 1.165) is 10.2 Å². The summed E-state index contributed by atoms with van der Waals surface area (Å²) in [6.07, 6.45) is 1.36. The number of anilines is 1. The molecule has 6 heteroatoms. The maximum atomic E-state index is 11.0. The van der Waals surface area contributed by atoms with Crippen LogP contribution in [-0.4, -0.2) is 15.7 Å². The lowest BCUT2D eigenvalue weighted by atomic mass is 10.3. The van der Waals surface area contributed by atoms with Gasteiger partial charge in [0.25, 0.3) is 5.91 Å². The van der Waals surface area contributed by atoms with Crippen molar-refractivity contribution >= 4 is 27.7 Å². The van der Waals surface area contributed by atoms with Gasteiger partial charge in [0.1, 0.15) is 11.4 Å². The van der Waals surface area contributed by atoms with Crippen molar-refractivity contribution in [1.82, 2.24) is 9.78 Å². The van der Waals surface area contributed by atoms with Crippen LogP contribution < -0.4 is 11.5 Å². The summed E-state index contributed by atoms with van der Waals surface area (Å²) in [5.41, 5.74) is 11.9. The summed E-state index contributed by atoms with van der Waals surface area (Å²) in [6.45, 7) is 0. The average molecular weight is 281 g/mol. The fourth-order valence-electron chi connectivity index (χ4n) is 1.34. The van der Waals surface area contributed by atoms with Gasteiger partial charge in [-0.05, 0) is 24.3 Å². The normalized spacial score (nSPS) is 10.3. The minimum Gasteiger partial charge on any atom is -0.383 e. The number of hydrogen-bond donors (Lipinski definition) is 2. The Labute approximate surface area is 100 Å². The molecule has 0 saturated heterocycles. The topological polar surface area (TPSA) is 86.9 Å². The highest BCUT2D eigenvalue weighted by Crippen LogP contribution is 2.18. The van der Waals surface area contributed by atoms with E-state index in [9.17, 15) is 4.79 Å². The van der Waals surface area contributed by atoms with Crippen LogP contribution in [0.5, 0.6) is 0 Å². The Hall–Kier alpha value is -1.82. The van der Waals surface area contributed by atoms with Crippen molar-refractivity contribution in [2.45, 2.75) is 0 Å². The molecule has 0 aliphatic rings. The Morgan fingerprint density at radius 2 is 1.94 bits per heavy atom. The van der Waals surface area contributed by atoms with Crippen LogP contribution in [0.4, 0.5) is 5.82 Å². The Balaban J connectivity index is 2.49. The zero-order chi connectivity index (χ0) is 11.7. The number of rotatable bonds is 2. The van der Waals surface area contributed by atoms with Gasteiger partial charge < -0.3 is 11.5 Å². The van der Waals surface area contributed by atoms with Gasteiger partial charge in [-0.2, -0.15) is 5.10 Å². The second-order valence-electron chi connectivity index (χ2n) is 3.20. The number of amides is 1. The van der Waals surface area contributed by atoms with Crippen LogP contribution in [0.1, 0.15) is 10.4 Å². The van der Waals surface area contributed by atoms with Crippen molar-refractivity contribution in [3.63, 3.8) is 0 Å². The molecule has 0 spiro atoms. The van der Waals surface area contributed by atoms with Crippen molar-refractivity contribution < 1.29 is 4.79 Å². The predicted octanol–water partition coefficient (Wildman–Crippen LogP) is 1.32. The second kappa shape index (κ2) is 3.97. The van der Waals surface area contributed by atoms with Crippen LogP contribution in [0, 0.1) is 0 Å². The van der Waals surface area contributed by atoms with Crippen molar-refractivity contribution in [3.8, 4) is 5.69 Å². The molecule has 1 amide bonds. The molecule has 0 aliphatic carbocycles. The van der Waals surface area contributed by atoms with Gasteiger partial charge in [-0.1, -0.05) is 15.9 Å². The Bertz CT molecular complexity index is 532. The smallest absolute Gasteiger partial charge is 0.254 e. The number of nitrogens with zero attached hydrogens (tertiary/aromatic N) is 2. The molecule has 0 atom stereocenters. The van der Waals surface area contributed by atoms with Crippen LogP contribution in [-0.2, 0) is 0 Å². The summed E-state index contributed by atoms with van der Waals surface area (Å²) in [7, 11) is 0. The Morgan fingerprint density at radius 3 is 2.44 bits per heavy atom. The van der Waals surface area contributed by atoms with Crippen LogP contribution in [0.3, 0.4) is 0 Å². The monoisotopic (exact) mass is 280 g/mol. The number of aromatic nitrogens is 2. The van der Waals surface area contributed by atoms with E-state index in [4.69, 9.17) is 11.5 Å². The number of nitrogen functional groups attached to an aromatic ring is 1. The molecule has 2 rings (SSSR count). The minimum absolute atomic E-state index is 0.225. The zero-order valence-corrected chi connectivity index (χ0v) is 9.81. The quantitative estimate of drug-likeness (QED) is 0.870. The lowest BCUT2D eigenvalue weighted by Crippen LogP contribution is -2.13. The van der Waals surface area contributed by atoms with E-state index in [-0.39, 0.29) is 11.4 Å². The first-order chi connectivity index (χ1) is 7.59. The van der Waals surface area contributed by atoms with Crippen LogP contribution in [0.2, 0.25) is 0 Å². The number of primary amides is 1. The fourth-order valence-corrected chi connectivity index (χ4v) is 1.60. The lowest BCUT2D eigenvalue weighted by molar-refractivity contribution is 0.100.